The molecule has 3 aromatic heterocycles. The van der Waals surface area contributed by atoms with Crippen molar-refractivity contribution < 1.29 is 9.15 Å². The lowest BCUT2D eigenvalue weighted by atomic mass is 10.3. The first kappa shape index (κ1) is 18.0. The Bertz CT molecular complexity index is 1040. The Morgan fingerprint density at radius 3 is 2.81 bits per heavy atom. The van der Waals surface area contributed by atoms with Crippen LogP contribution in [0.25, 0.3) is 11.0 Å². The molecule has 4 aromatic rings. The summed E-state index contributed by atoms with van der Waals surface area (Å²) < 4.78 is 10.7. The number of nitrogens with one attached hydrogen (secondary N) is 1. The van der Waals surface area contributed by atoms with Crippen LogP contribution >= 0.6 is 23.5 Å². The van der Waals surface area contributed by atoms with E-state index in [1.165, 1.54) is 4.90 Å². The molecule has 0 atom stereocenters. The Hall–Kier alpha value is -2.38. The molecule has 7 heteroatoms. The first-order valence-corrected chi connectivity index (χ1v) is 10.5. The van der Waals surface area contributed by atoms with E-state index in [1.54, 1.807) is 36.9 Å². The fraction of sp³-hybridized carbons (Fsp3) is 0.200. The molecule has 0 aliphatic carbocycles. The zero-order chi connectivity index (χ0) is 18.6. The second-order valence-electron chi connectivity index (χ2n) is 6.02. The van der Waals surface area contributed by atoms with E-state index in [4.69, 9.17) is 9.15 Å². The Morgan fingerprint density at radius 1 is 1.07 bits per heavy atom. The number of methoxy groups -OCH3 is 1. The van der Waals surface area contributed by atoms with Crippen LogP contribution in [0.15, 0.2) is 63.2 Å². The molecule has 4 rings (SSSR count). The Morgan fingerprint density at radius 2 is 2.00 bits per heavy atom. The van der Waals surface area contributed by atoms with E-state index in [1.807, 2.05) is 37.3 Å². The third-order valence-corrected chi connectivity index (χ3v) is 5.87. The number of thioether (sulfide) groups is 2. The summed E-state index contributed by atoms with van der Waals surface area (Å²) in [6, 6.07) is 14.0. The fourth-order valence-electron chi connectivity index (χ4n) is 2.71. The van der Waals surface area contributed by atoms with Gasteiger partial charge in [0.2, 0.25) is 0 Å². The molecule has 0 unspecified atom stereocenters. The number of H-pyrrole nitrogens is 1. The average molecular weight is 398 g/mol. The molecular formula is C20H19N3O2S2. The number of furan rings is 1. The summed E-state index contributed by atoms with van der Waals surface area (Å²) in [5.74, 6) is 3.37. The minimum Gasteiger partial charge on any atom is -0.497 e. The van der Waals surface area contributed by atoms with Crippen LogP contribution in [-0.4, -0.2) is 22.1 Å². The van der Waals surface area contributed by atoms with Gasteiger partial charge >= 0.3 is 0 Å². The molecular weight excluding hydrogens is 378 g/mol. The van der Waals surface area contributed by atoms with Gasteiger partial charge in [-0.2, -0.15) is 0 Å². The molecule has 0 saturated heterocycles. The number of rotatable bonds is 7. The number of aromatic amines is 1. The van der Waals surface area contributed by atoms with Crippen molar-refractivity contribution in [3.05, 3.63) is 65.9 Å². The van der Waals surface area contributed by atoms with E-state index in [-0.39, 0.29) is 0 Å². The van der Waals surface area contributed by atoms with Gasteiger partial charge < -0.3 is 14.1 Å². The van der Waals surface area contributed by atoms with Gasteiger partial charge in [0.1, 0.15) is 11.5 Å². The standard InChI is InChI=1S/C20H19N3O2S2/c1-13-8-17(26-12-16-4-3-7-25-16)9-14(21-13)11-27-20-22-18-6-5-15(24-2)10-19(18)23-20/h3-10H,11-12H2,1-2H3,(H,22,23). The first-order chi connectivity index (χ1) is 13.2. The highest BCUT2D eigenvalue weighted by Gasteiger charge is 2.08. The quantitative estimate of drug-likeness (QED) is 0.418. The monoisotopic (exact) mass is 397 g/mol. The highest BCUT2D eigenvalue weighted by Crippen LogP contribution is 2.28. The number of aryl methyl sites for hydroxylation is 1. The van der Waals surface area contributed by atoms with Gasteiger partial charge in [0.15, 0.2) is 5.16 Å². The van der Waals surface area contributed by atoms with Gasteiger partial charge in [0.05, 0.1) is 35.9 Å². The number of hydrogen-bond acceptors (Lipinski definition) is 6. The summed E-state index contributed by atoms with van der Waals surface area (Å²) in [5, 5.41) is 0.881. The molecule has 0 amide bonds. The first-order valence-electron chi connectivity index (χ1n) is 8.49. The topological polar surface area (TPSA) is 63.9 Å². The lowest BCUT2D eigenvalue weighted by Gasteiger charge is -2.05. The molecule has 0 aliphatic heterocycles. The Labute approximate surface area is 165 Å². The van der Waals surface area contributed by atoms with Gasteiger partial charge in [-0.15, -0.1) is 11.8 Å². The average Bonchev–Trinajstić information content (AvgIpc) is 3.33. The maximum Gasteiger partial charge on any atom is 0.166 e. The van der Waals surface area contributed by atoms with Gasteiger partial charge in [-0.05, 0) is 43.3 Å². The molecule has 3 heterocycles. The predicted molar refractivity (Wildman–Crippen MR) is 109 cm³/mol. The van der Waals surface area contributed by atoms with Crippen molar-refractivity contribution in [2.24, 2.45) is 0 Å². The number of nitrogens with zero attached hydrogens (tertiary/aromatic N) is 2. The van der Waals surface area contributed by atoms with Crippen molar-refractivity contribution in [3.8, 4) is 5.75 Å². The molecule has 138 valence electrons. The van der Waals surface area contributed by atoms with Crippen LogP contribution in [0.2, 0.25) is 0 Å². The van der Waals surface area contributed by atoms with Crippen LogP contribution in [-0.2, 0) is 11.5 Å². The fourth-order valence-corrected chi connectivity index (χ4v) is 4.44. The van der Waals surface area contributed by atoms with Crippen LogP contribution in [0.3, 0.4) is 0 Å². The van der Waals surface area contributed by atoms with Crippen molar-refractivity contribution in [1.29, 1.82) is 0 Å². The lowest BCUT2D eigenvalue weighted by molar-refractivity contribution is 0.415. The number of fused-ring (bicyclic) bond motifs is 1. The Kier molecular flexibility index (Phi) is 5.40. The molecule has 0 spiro atoms. The summed E-state index contributed by atoms with van der Waals surface area (Å²) in [6.45, 7) is 2.03. The number of pyridine rings is 1. The molecule has 1 aromatic carbocycles. The predicted octanol–water partition coefficient (Wildman–Crippen LogP) is 5.45. The van der Waals surface area contributed by atoms with Crippen LogP contribution in [0.4, 0.5) is 0 Å². The minimum absolute atomic E-state index is 0.757. The van der Waals surface area contributed by atoms with Crippen LogP contribution in [0.1, 0.15) is 17.1 Å². The molecule has 0 aliphatic rings. The van der Waals surface area contributed by atoms with Gasteiger partial charge in [0, 0.05) is 22.4 Å². The van der Waals surface area contributed by atoms with Crippen molar-refractivity contribution in [2.75, 3.05) is 7.11 Å². The lowest BCUT2D eigenvalue weighted by Crippen LogP contribution is -1.92. The zero-order valence-corrected chi connectivity index (χ0v) is 16.7. The molecule has 1 N–H and O–H groups in total. The van der Waals surface area contributed by atoms with Crippen molar-refractivity contribution >= 4 is 34.6 Å². The number of hydrogen-bond donors (Lipinski definition) is 1. The van der Waals surface area contributed by atoms with Crippen molar-refractivity contribution in [2.45, 2.75) is 28.5 Å². The number of benzene rings is 1. The summed E-state index contributed by atoms with van der Waals surface area (Å²) in [6.07, 6.45) is 1.71. The highest BCUT2D eigenvalue weighted by molar-refractivity contribution is 7.98. The second-order valence-corrected chi connectivity index (χ2v) is 8.03. The maximum atomic E-state index is 5.40. The molecule has 0 radical (unpaired) electrons. The highest BCUT2D eigenvalue weighted by atomic mass is 32.2. The van der Waals surface area contributed by atoms with Gasteiger partial charge in [-0.25, -0.2) is 4.98 Å². The molecule has 27 heavy (non-hydrogen) atoms. The summed E-state index contributed by atoms with van der Waals surface area (Å²) in [4.78, 5) is 13.8. The van der Waals surface area contributed by atoms with Gasteiger partial charge in [-0.3, -0.25) is 4.98 Å². The maximum absolute atomic E-state index is 5.40. The van der Waals surface area contributed by atoms with Crippen LogP contribution < -0.4 is 4.74 Å². The zero-order valence-electron chi connectivity index (χ0n) is 15.1. The largest absolute Gasteiger partial charge is 0.497 e. The van der Waals surface area contributed by atoms with Crippen molar-refractivity contribution in [3.63, 3.8) is 0 Å². The SMILES string of the molecule is COc1ccc2nc(SCc3cc(SCc4ccco4)cc(C)n3)[nH]c2c1. The van der Waals surface area contributed by atoms with Gasteiger partial charge in [0.25, 0.3) is 0 Å². The summed E-state index contributed by atoms with van der Waals surface area (Å²) >= 11 is 3.40. The van der Waals surface area contributed by atoms with E-state index >= 15 is 0 Å². The molecule has 5 nitrogen and oxygen atoms in total. The smallest absolute Gasteiger partial charge is 0.166 e. The van der Waals surface area contributed by atoms with E-state index < -0.39 is 0 Å². The molecule has 0 bridgehead atoms. The van der Waals surface area contributed by atoms with E-state index in [2.05, 4.69) is 27.1 Å². The van der Waals surface area contributed by atoms with Crippen LogP contribution in [0.5, 0.6) is 5.75 Å². The second kappa shape index (κ2) is 8.10. The molecule has 0 fully saturated rings. The van der Waals surface area contributed by atoms with Crippen LogP contribution in [0, 0.1) is 6.92 Å². The minimum atomic E-state index is 0.757. The molecule has 0 saturated carbocycles. The van der Waals surface area contributed by atoms with E-state index in [0.29, 0.717) is 0 Å². The normalized spacial score (nSPS) is 11.2. The Balaban J connectivity index is 1.44. The number of imidazole rings is 1. The van der Waals surface area contributed by atoms with E-state index in [9.17, 15) is 0 Å². The summed E-state index contributed by atoms with van der Waals surface area (Å²) in [7, 11) is 1.66. The van der Waals surface area contributed by atoms with Gasteiger partial charge in [-0.1, -0.05) is 11.8 Å². The number of ether oxygens (including phenoxy) is 1. The summed E-state index contributed by atoms with van der Waals surface area (Å²) in [5.41, 5.74) is 3.97. The van der Waals surface area contributed by atoms with Crippen molar-refractivity contribution in [1.82, 2.24) is 15.0 Å². The third-order valence-electron chi connectivity index (χ3n) is 3.97. The van der Waals surface area contributed by atoms with E-state index in [0.717, 1.165) is 50.6 Å². The number of aromatic nitrogens is 3. The third kappa shape index (κ3) is 4.48.